The first kappa shape index (κ1) is 23.8. The number of H-pyrrole nitrogens is 1. The molecule has 0 spiro atoms. The van der Waals surface area contributed by atoms with Gasteiger partial charge in [-0.25, -0.2) is 14.5 Å². The quantitative estimate of drug-likeness (QED) is 0.333. The van der Waals surface area contributed by atoms with Crippen molar-refractivity contribution in [1.82, 2.24) is 29.1 Å². The second kappa shape index (κ2) is 8.93. The van der Waals surface area contributed by atoms with Crippen molar-refractivity contribution in [3.63, 3.8) is 0 Å². The van der Waals surface area contributed by atoms with E-state index in [0.29, 0.717) is 12.2 Å². The van der Waals surface area contributed by atoms with Crippen LogP contribution in [0.1, 0.15) is 27.2 Å². The fraction of sp³-hybridized carbons (Fsp3) is 0.125. The van der Waals surface area contributed by atoms with Crippen LogP contribution in [0.25, 0.3) is 16.8 Å². The summed E-state index contributed by atoms with van der Waals surface area (Å²) in [5, 5.41) is 6.49. The van der Waals surface area contributed by atoms with E-state index in [9.17, 15) is 22.8 Å². The Morgan fingerprint density at radius 2 is 1.92 bits per heavy atom. The number of hydrogen-bond donors (Lipinski definition) is 3. The van der Waals surface area contributed by atoms with Crippen molar-refractivity contribution >= 4 is 23.1 Å². The van der Waals surface area contributed by atoms with Crippen molar-refractivity contribution in [2.45, 2.75) is 19.6 Å². The predicted octanol–water partition coefficient (Wildman–Crippen LogP) is 3.49. The van der Waals surface area contributed by atoms with Crippen LogP contribution in [0, 0.1) is 6.92 Å². The standard InChI is InChI=1S/C24H19F3N8O2/c1-13-21(31-12-34(13)10-14-5-3-2-4-6-14)33-23(37)16-7-15(9-29-22(16)36)18-8-17(24(25,26)27)19-20(28)30-11-32-35(18)19/h2-9,11-12H,10H2,1H3,(H,29,36)(H,33,37)(H2,28,30,32). The lowest BCUT2D eigenvalue weighted by Gasteiger charge is -2.08. The zero-order chi connectivity index (χ0) is 26.3. The Morgan fingerprint density at radius 1 is 1.16 bits per heavy atom. The van der Waals surface area contributed by atoms with Crippen LogP contribution >= 0.6 is 0 Å². The number of nitrogens with one attached hydrogen (secondary N) is 2. The second-order valence-electron chi connectivity index (χ2n) is 8.22. The van der Waals surface area contributed by atoms with Crippen LogP contribution in [0.4, 0.5) is 24.8 Å². The summed E-state index contributed by atoms with van der Waals surface area (Å²) < 4.78 is 43.8. The highest BCUT2D eigenvalue weighted by Gasteiger charge is 2.36. The van der Waals surface area contributed by atoms with E-state index >= 15 is 0 Å². The van der Waals surface area contributed by atoms with Gasteiger partial charge in [0.2, 0.25) is 0 Å². The van der Waals surface area contributed by atoms with E-state index < -0.39 is 28.7 Å². The van der Waals surface area contributed by atoms with Gasteiger partial charge in [0.1, 0.15) is 17.4 Å². The number of halogens is 3. The molecule has 0 fully saturated rings. The fourth-order valence-electron chi connectivity index (χ4n) is 3.97. The Bertz CT molecular complexity index is 1690. The van der Waals surface area contributed by atoms with E-state index in [1.54, 1.807) is 13.3 Å². The van der Waals surface area contributed by atoms with E-state index in [0.717, 1.165) is 22.5 Å². The molecule has 188 valence electrons. The molecule has 0 aliphatic carbocycles. The van der Waals surface area contributed by atoms with Crippen molar-refractivity contribution in [2.75, 3.05) is 11.1 Å². The Balaban J connectivity index is 1.48. The van der Waals surface area contributed by atoms with Gasteiger partial charge in [0.25, 0.3) is 11.5 Å². The molecule has 1 aromatic carbocycles. The Labute approximate surface area is 206 Å². The topological polar surface area (TPSA) is 136 Å². The van der Waals surface area contributed by atoms with Gasteiger partial charge < -0.3 is 20.6 Å². The number of rotatable bonds is 5. The number of nitrogens with zero attached hydrogens (tertiary/aromatic N) is 5. The van der Waals surface area contributed by atoms with Gasteiger partial charge in [-0.15, -0.1) is 0 Å². The van der Waals surface area contributed by atoms with E-state index in [1.807, 2.05) is 34.9 Å². The zero-order valence-electron chi connectivity index (χ0n) is 19.2. The molecule has 5 rings (SSSR count). The molecule has 4 N–H and O–H groups in total. The lowest BCUT2D eigenvalue weighted by Crippen LogP contribution is -2.23. The summed E-state index contributed by atoms with van der Waals surface area (Å²) in [6, 6.07) is 11.7. The second-order valence-corrected chi connectivity index (χ2v) is 8.22. The molecule has 0 bridgehead atoms. The molecule has 0 atom stereocenters. The summed E-state index contributed by atoms with van der Waals surface area (Å²) in [5.74, 6) is -0.890. The fourth-order valence-corrected chi connectivity index (χ4v) is 3.97. The maximum Gasteiger partial charge on any atom is 0.418 e. The number of nitrogens with two attached hydrogens (primary N) is 1. The molecule has 0 aliphatic rings. The van der Waals surface area contributed by atoms with Crippen LogP contribution < -0.4 is 16.6 Å². The maximum atomic E-state index is 13.7. The average Bonchev–Trinajstić information content (AvgIpc) is 3.42. The SMILES string of the molecule is Cc1c(NC(=O)c2cc(-c3cc(C(F)(F)F)c4c(N)ncnn34)c[nH]c2=O)ncn1Cc1ccccc1. The third-order valence-corrected chi connectivity index (χ3v) is 5.86. The van der Waals surface area contributed by atoms with Crippen molar-refractivity contribution in [1.29, 1.82) is 0 Å². The minimum Gasteiger partial charge on any atom is -0.382 e. The van der Waals surface area contributed by atoms with Crippen molar-refractivity contribution < 1.29 is 18.0 Å². The molecule has 13 heteroatoms. The van der Waals surface area contributed by atoms with Gasteiger partial charge in [0.05, 0.1) is 23.3 Å². The number of benzene rings is 1. The van der Waals surface area contributed by atoms with Gasteiger partial charge in [-0.2, -0.15) is 18.3 Å². The lowest BCUT2D eigenvalue weighted by molar-refractivity contribution is -0.136. The van der Waals surface area contributed by atoms with Crippen LogP contribution in [0.3, 0.4) is 0 Å². The van der Waals surface area contributed by atoms with Crippen LogP contribution in [-0.4, -0.2) is 35.0 Å². The summed E-state index contributed by atoms with van der Waals surface area (Å²) in [5.41, 5.74) is 4.94. The number of imidazole rings is 1. The number of alkyl halides is 3. The maximum absolute atomic E-state index is 13.7. The van der Waals surface area contributed by atoms with Crippen molar-refractivity contribution in [3.05, 3.63) is 94.1 Å². The molecular formula is C24H19F3N8O2. The summed E-state index contributed by atoms with van der Waals surface area (Å²) in [4.78, 5) is 35.8. The number of anilines is 2. The van der Waals surface area contributed by atoms with Crippen LogP contribution in [0.5, 0.6) is 0 Å². The van der Waals surface area contributed by atoms with E-state index in [-0.39, 0.29) is 28.5 Å². The Kier molecular flexibility index (Phi) is 5.74. The van der Waals surface area contributed by atoms with E-state index in [4.69, 9.17) is 5.73 Å². The van der Waals surface area contributed by atoms with Gasteiger partial charge in [-0.1, -0.05) is 30.3 Å². The number of fused-ring (bicyclic) bond motifs is 1. The molecule has 37 heavy (non-hydrogen) atoms. The molecule has 0 saturated carbocycles. The molecule has 0 aliphatic heterocycles. The van der Waals surface area contributed by atoms with Crippen LogP contribution in [0.15, 0.2) is 66.1 Å². The number of amides is 1. The third kappa shape index (κ3) is 4.42. The number of aromatic amines is 1. The highest BCUT2D eigenvalue weighted by Crippen LogP contribution is 2.38. The van der Waals surface area contributed by atoms with E-state index in [1.165, 1.54) is 12.3 Å². The lowest BCUT2D eigenvalue weighted by atomic mass is 10.1. The first-order valence-electron chi connectivity index (χ1n) is 10.9. The molecule has 4 heterocycles. The molecule has 1 amide bonds. The Morgan fingerprint density at radius 3 is 2.65 bits per heavy atom. The number of carbonyl (C=O) groups excluding carboxylic acids is 1. The van der Waals surface area contributed by atoms with E-state index in [2.05, 4.69) is 25.4 Å². The zero-order valence-corrected chi connectivity index (χ0v) is 19.2. The van der Waals surface area contributed by atoms with Crippen molar-refractivity contribution in [2.24, 2.45) is 0 Å². The van der Waals surface area contributed by atoms with Gasteiger partial charge >= 0.3 is 6.18 Å². The highest BCUT2D eigenvalue weighted by molar-refractivity contribution is 6.04. The highest BCUT2D eigenvalue weighted by atomic mass is 19.4. The third-order valence-electron chi connectivity index (χ3n) is 5.86. The summed E-state index contributed by atoms with van der Waals surface area (Å²) >= 11 is 0. The van der Waals surface area contributed by atoms with Gasteiger partial charge in [0, 0.05) is 18.3 Å². The summed E-state index contributed by atoms with van der Waals surface area (Å²) in [6.45, 7) is 2.29. The molecular weight excluding hydrogens is 489 g/mol. The first-order chi connectivity index (χ1) is 17.6. The van der Waals surface area contributed by atoms with Crippen LogP contribution in [-0.2, 0) is 12.7 Å². The normalized spacial score (nSPS) is 11.7. The van der Waals surface area contributed by atoms with Crippen LogP contribution in [0.2, 0.25) is 0 Å². The van der Waals surface area contributed by atoms with Crippen molar-refractivity contribution in [3.8, 4) is 11.3 Å². The monoisotopic (exact) mass is 508 g/mol. The Hall–Kier alpha value is -4.94. The molecule has 0 unspecified atom stereocenters. The summed E-state index contributed by atoms with van der Waals surface area (Å²) in [7, 11) is 0. The smallest absolute Gasteiger partial charge is 0.382 e. The molecule has 0 radical (unpaired) electrons. The number of pyridine rings is 1. The van der Waals surface area contributed by atoms with Gasteiger partial charge in [-0.05, 0) is 24.6 Å². The minimum absolute atomic E-state index is 0.0370. The largest absolute Gasteiger partial charge is 0.418 e. The average molecular weight is 508 g/mol. The van der Waals surface area contributed by atoms with Gasteiger partial charge in [0.15, 0.2) is 11.6 Å². The summed E-state index contributed by atoms with van der Waals surface area (Å²) in [6.07, 6.45) is -0.964. The predicted molar refractivity (Wildman–Crippen MR) is 129 cm³/mol. The number of hydrogen-bond acceptors (Lipinski definition) is 6. The number of aromatic nitrogens is 6. The number of nitrogen functional groups attached to an aromatic ring is 1. The van der Waals surface area contributed by atoms with Gasteiger partial charge in [-0.3, -0.25) is 9.59 Å². The minimum atomic E-state index is -4.74. The molecule has 5 aromatic rings. The molecule has 4 aromatic heterocycles. The number of carbonyl (C=O) groups is 1. The molecule has 0 saturated heterocycles. The first-order valence-corrected chi connectivity index (χ1v) is 10.9. The molecule has 10 nitrogen and oxygen atoms in total.